The van der Waals surface area contributed by atoms with Crippen LogP contribution in [0.2, 0.25) is 0 Å². The van der Waals surface area contributed by atoms with Gasteiger partial charge in [-0.3, -0.25) is 4.90 Å². The lowest BCUT2D eigenvalue weighted by atomic mass is 9.88. The second-order valence-electron chi connectivity index (χ2n) is 6.32. The molecule has 0 bridgehead atoms. The summed E-state index contributed by atoms with van der Waals surface area (Å²) in [6.45, 7) is 2.18. The molecule has 2 aliphatic rings. The fourth-order valence-corrected chi connectivity index (χ4v) is 3.93. The van der Waals surface area contributed by atoms with Gasteiger partial charge in [0.1, 0.15) is 0 Å². The standard InChI is InChI=1S/C16H32N2/c17-13-7-8-14-18(15-9-3-1-4-10-15)16-11-5-2-6-12-16/h15-16H,1-14,17H2. The Morgan fingerprint density at radius 3 is 1.67 bits per heavy atom. The molecule has 0 aliphatic heterocycles. The molecule has 2 rings (SSSR count). The summed E-state index contributed by atoms with van der Waals surface area (Å²) in [7, 11) is 0. The van der Waals surface area contributed by atoms with Crippen LogP contribution in [0, 0.1) is 0 Å². The molecule has 2 fully saturated rings. The number of rotatable bonds is 6. The second-order valence-corrected chi connectivity index (χ2v) is 6.32. The highest BCUT2D eigenvalue weighted by atomic mass is 15.2. The lowest BCUT2D eigenvalue weighted by molar-refractivity contribution is 0.0792. The van der Waals surface area contributed by atoms with Crippen molar-refractivity contribution in [3.05, 3.63) is 0 Å². The summed E-state index contributed by atoms with van der Waals surface area (Å²) in [5, 5.41) is 0. The van der Waals surface area contributed by atoms with E-state index in [2.05, 4.69) is 4.90 Å². The molecular weight excluding hydrogens is 220 g/mol. The highest BCUT2D eigenvalue weighted by Gasteiger charge is 2.27. The van der Waals surface area contributed by atoms with E-state index in [0.29, 0.717) is 0 Å². The molecule has 0 amide bonds. The number of hydrogen-bond donors (Lipinski definition) is 1. The molecular formula is C16H32N2. The van der Waals surface area contributed by atoms with Crippen molar-refractivity contribution in [2.45, 2.75) is 89.1 Å². The van der Waals surface area contributed by atoms with Gasteiger partial charge in [0.05, 0.1) is 0 Å². The highest BCUT2D eigenvalue weighted by molar-refractivity contribution is 4.83. The van der Waals surface area contributed by atoms with Crippen LogP contribution in [0.25, 0.3) is 0 Å². The zero-order chi connectivity index (χ0) is 12.6. The molecule has 0 unspecified atom stereocenters. The maximum absolute atomic E-state index is 5.65. The smallest absolute Gasteiger partial charge is 0.00981 e. The number of hydrogen-bond acceptors (Lipinski definition) is 2. The monoisotopic (exact) mass is 252 g/mol. The van der Waals surface area contributed by atoms with Crippen molar-refractivity contribution in [2.24, 2.45) is 5.73 Å². The molecule has 2 nitrogen and oxygen atoms in total. The summed E-state index contributed by atoms with van der Waals surface area (Å²) in [5.41, 5.74) is 5.65. The third kappa shape index (κ3) is 4.24. The van der Waals surface area contributed by atoms with Gasteiger partial charge in [0.2, 0.25) is 0 Å². The molecule has 0 saturated heterocycles. The summed E-state index contributed by atoms with van der Waals surface area (Å²) in [5.74, 6) is 0. The third-order valence-electron chi connectivity index (χ3n) is 4.96. The summed E-state index contributed by atoms with van der Waals surface area (Å²) in [4.78, 5) is 2.90. The van der Waals surface area contributed by atoms with E-state index >= 15 is 0 Å². The molecule has 0 radical (unpaired) electrons. The molecule has 106 valence electrons. The van der Waals surface area contributed by atoms with Gasteiger partial charge in [0, 0.05) is 12.1 Å². The van der Waals surface area contributed by atoms with E-state index in [1.54, 1.807) is 0 Å². The van der Waals surface area contributed by atoms with Crippen LogP contribution in [-0.4, -0.2) is 30.1 Å². The van der Waals surface area contributed by atoms with Crippen molar-refractivity contribution in [1.82, 2.24) is 4.90 Å². The van der Waals surface area contributed by atoms with Gasteiger partial charge >= 0.3 is 0 Å². The molecule has 0 heterocycles. The van der Waals surface area contributed by atoms with E-state index in [1.165, 1.54) is 83.6 Å². The predicted molar refractivity (Wildman–Crippen MR) is 78.7 cm³/mol. The van der Waals surface area contributed by atoms with Crippen molar-refractivity contribution >= 4 is 0 Å². The van der Waals surface area contributed by atoms with Gasteiger partial charge in [0.25, 0.3) is 0 Å². The van der Waals surface area contributed by atoms with E-state index in [9.17, 15) is 0 Å². The van der Waals surface area contributed by atoms with Crippen molar-refractivity contribution in [3.8, 4) is 0 Å². The average molecular weight is 252 g/mol. The van der Waals surface area contributed by atoms with Gasteiger partial charge in [-0.2, -0.15) is 0 Å². The van der Waals surface area contributed by atoms with Crippen molar-refractivity contribution in [3.63, 3.8) is 0 Å². The Hall–Kier alpha value is -0.0800. The average Bonchev–Trinajstić information content (AvgIpc) is 2.46. The minimum absolute atomic E-state index is 0.864. The lowest BCUT2D eigenvalue weighted by Crippen LogP contribution is -2.45. The van der Waals surface area contributed by atoms with Crippen LogP contribution in [-0.2, 0) is 0 Å². The maximum Gasteiger partial charge on any atom is 0.00981 e. The SMILES string of the molecule is NCCCCN(C1CCCCC1)C1CCCCC1. The molecule has 0 aromatic heterocycles. The first-order chi connectivity index (χ1) is 8.92. The Morgan fingerprint density at radius 2 is 1.22 bits per heavy atom. The van der Waals surface area contributed by atoms with Crippen LogP contribution in [0.5, 0.6) is 0 Å². The first kappa shape index (κ1) is 14.3. The van der Waals surface area contributed by atoms with E-state index in [0.717, 1.165) is 18.6 Å². The zero-order valence-corrected chi connectivity index (χ0v) is 12.1. The zero-order valence-electron chi connectivity index (χ0n) is 12.1. The van der Waals surface area contributed by atoms with Crippen LogP contribution in [0.4, 0.5) is 0 Å². The summed E-state index contributed by atoms with van der Waals surface area (Å²) >= 11 is 0. The molecule has 0 aromatic rings. The molecule has 2 saturated carbocycles. The van der Waals surface area contributed by atoms with Gasteiger partial charge in [-0.05, 0) is 51.6 Å². The summed E-state index contributed by atoms with van der Waals surface area (Å²) in [6, 6.07) is 1.80. The van der Waals surface area contributed by atoms with Crippen molar-refractivity contribution < 1.29 is 0 Å². The van der Waals surface area contributed by atoms with E-state index in [4.69, 9.17) is 5.73 Å². The normalized spacial score (nSPS) is 23.7. The van der Waals surface area contributed by atoms with Crippen LogP contribution in [0.15, 0.2) is 0 Å². The van der Waals surface area contributed by atoms with Crippen LogP contribution in [0.1, 0.15) is 77.0 Å². The Labute approximate surface area is 113 Å². The second kappa shape index (κ2) is 8.16. The van der Waals surface area contributed by atoms with E-state index in [1.807, 2.05) is 0 Å². The Bertz CT molecular complexity index is 187. The topological polar surface area (TPSA) is 29.3 Å². The third-order valence-corrected chi connectivity index (χ3v) is 4.96. The number of nitrogens with zero attached hydrogens (tertiary/aromatic N) is 1. The minimum atomic E-state index is 0.864. The summed E-state index contributed by atoms with van der Waals surface area (Å²) < 4.78 is 0. The predicted octanol–water partition coefficient (Wildman–Crippen LogP) is 3.69. The summed E-state index contributed by atoms with van der Waals surface area (Å²) in [6.07, 6.45) is 17.1. The van der Waals surface area contributed by atoms with Gasteiger partial charge in [-0.25, -0.2) is 0 Å². The van der Waals surface area contributed by atoms with Gasteiger partial charge in [-0.1, -0.05) is 38.5 Å². The fraction of sp³-hybridized carbons (Fsp3) is 1.00. The largest absolute Gasteiger partial charge is 0.330 e. The number of nitrogens with two attached hydrogens (primary N) is 1. The molecule has 0 aromatic carbocycles. The van der Waals surface area contributed by atoms with Crippen molar-refractivity contribution in [2.75, 3.05) is 13.1 Å². The minimum Gasteiger partial charge on any atom is -0.330 e. The van der Waals surface area contributed by atoms with E-state index < -0.39 is 0 Å². The molecule has 0 atom stereocenters. The first-order valence-electron chi connectivity index (χ1n) is 8.37. The molecule has 2 aliphatic carbocycles. The van der Waals surface area contributed by atoms with Crippen LogP contribution < -0.4 is 5.73 Å². The van der Waals surface area contributed by atoms with E-state index in [-0.39, 0.29) is 0 Å². The highest BCUT2D eigenvalue weighted by Crippen LogP contribution is 2.30. The van der Waals surface area contributed by atoms with Gasteiger partial charge in [0.15, 0.2) is 0 Å². The van der Waals surface area contributed by atoms with Crippen molar-refractivity contribution in [1.29, 1.82) is 0 Å². The van der Waals surface area contributed by atoms with Crippen LogP contribution in [0.3, 0.4) is 0 Å². The Balaban J connectivity index is 1.87. The maximum atomic E-state index is 5.65. The molecule has 2 N–H and O–H groups in total. The van der Waals surface area contributed by atoms with Gasteiger partial charge in [-0.15, -0.1) is 0 Å². The first-order valence-corrected chi connectivity index (χ1v) is 8.37. The molecule has 2 heteroatoms. The molecule has 18 heavy (non-hydrogen) atoms. The molecule has 0 spiro atoms. The van der Waals surface area contributed by atoms with Crippen LogP contribution >= 0.6 is 0 Å². The Morgan fingerprint density at radius 1 is 0.722 bits per heavy atom. The quantitative estimate of drug-likeness (QED) is 0.730. The Kier molecular flexibility index (Phi) is 6.50. The fourth-order valence-electron chi connectivity index (χ4n) is 3.93. The van der Waals surface area contributed by atoms with Gasteiger partial charge < -0.3 is 5.73 Å². The number of unbranched alkanes of at least 4 members (excludes halogenated alkanes) is 1. The lowest BCUT2D eigenvalue weighted by Gasteiger charge is -2.41.